The second kappa shape index (κ2) is 10.1. The number of benzene rings is 7. The molecule has 200 valence electrons. The Balaban J connectivity index is 1.45. The van der Waals surface area contributed by atoms with E-state index in [0.29, 0.717) is 5.56 Å². The molecule has 43 heavy (non-hydrogen) atoms. The molecule has 3 nitrogen and oxygen atoms in total. The van der Waals surface area contributed by atoms with Crippen LogP contribution >= 0.6 is 0 Å². The van der Waals surface area contributed by atoms with Crippen molar-refractivity contribution < 1.29 is 0 Å². The van der Waals surface area contributed by atoms with Crippen LogP contribution in [0.3, 0.4) is 0 Å². The van der Waals surface area contributed by atoms with Crippen LogP contribution in [0.25, 0.3) is 71.9 Å². The van der Waals surface area contributed by atoms with Gasteiger partial charge in [-0.15, -0.1) is 0 Å². The van der Waals surface area contributed by atoms with Crippen molar-refractivity contribution in [2.75, 3.05) is 0 Å². The second-order valence-corrected chi connectivity index (χ2v) is 10.8. The van der Waals surface area contributed by atoms with Crippen LogP contribution in [-0.4, -0.2) is 9.55 Å². The van der Waals surface area contributed by atoms with Gasteiger partial charge in [-0.2, -0.15) is 5.26 Å². The molecule has 0 unspecified atom stereocenters. The van der Waals surface area contributed by atoms with E-state index in [4.69, 9.17) is 4.98 Å². The summed E-state index contributed by atoms with van der Waals surface area (Å²) < 4.78 is 2.30. The first-order valence-corrected chi connectivity index (χ1v) is 14.4. The van der Waals surface area contributed by atoms with Gasteiger partial charge in [0.15, 0.2) is 0 Å². The first-order valence-electron chi connectivity index (χ1n) is 14.4. The molecule has 3 heteroatoms. The van der Waals surface area contributed by atoms with E-state index in [0.717, 1.165) is 61.1 Å². The van der Waals surface area contributed by atoms with E-state index >= 15 is 0 Å². The number of hydrogen-bond donors (Lipinski definition) is 0. The molecule has 0 aliphatic rings. The Kier molecular flexibility index (Phi) is 5.84. The van der Waals surface area contributed by atoms with Crippen molar-refractivity contribution in [1.82, 2.24) is 9.55 Å². The van der Waals surface area contributed by atoms with Gasteiger partial charge in [-0.1, -0.05) is 103 Å². The molecule has 0 radical (unpaired) electrons. The van der Waals surface area contributed by atoms with Crippen molar-refractivity contribution in [3.63, 3.8) is 0 Å². The zero-order valence-corrected chi connectivity index (χ0v) is 23.3. The summed E-state index contributed by atoms with van der Waals surface area (Å²) in [6.07, 6.45) is 0. The van der Waals surface area contributed by atoms with Crippen LogP contribution in [0.15, 0.2) is 152 Å². The first kappa shape index (κ1) is 24.8. The maximum Gasteiger partial charge on any atom is 0.145 e. The number of rotatable bonds is 4. The molecular weight excluding hydrogens is 522 g/mol. The summed E-state index contributed by atoms with van der Waals surface area (Å²) in [5.41, 5.74) is 9.29. The van der Waals surface area contributed by atoms with E-state index in [2.05, 4.69) is 126 Å². The standard InChI is InChI=1S/C40H25N3/c41-26-27-18-20-28(21-19-27)35-23-30-12-4-5-13-31(30)24-36(35)33-22-32-14-6-7-15-34(32)39(25-33)43-38-17-9-8-16-37(38)42-40(43)29-10-2-1-3-11-29/h1-25H. The maximum atomic E-state index is 9.42. The number of aromatic nitrogens is 2. The van der Waals surface area contributed by atoms with Gasteiger partial charge in [-0.25, -0.2) is 4.98 Å². The third-order valence-electron chi connectivity index (χ3n) is 8.20. The quantitative estimate of drug-likeness (QED) is 0.220. The summed E-state index contributed by atoms with van der Waals surface area (Å²) in [5.74, 6) is 0.912. The van der Waals surface area contributed by atoms with Crippen molar-refractivity contribution in [3.8, 4) is 45.4 Å². The van der Waals surface area contributed by atoms with Crippen molar-refractivity contribution in [1.29, 1.82) is 5.26 Å². The highest BCUT2D eigenvalue weighted by Crippen LogP contribution is 2.40. The minimum atomic E-state index is 0.652. The highest BCUT2D eigenvalue weighted by atomic mass is 15.1. The summed E-state index contributed by atoms with van der Waals surface area (Å²) >= 11 is 0. The van der Waals surface area contributed by atoms with Gasteiger partial charge in [0.1, 0.15) is 5.82 Å². The third-order valence-corrected chi connectivity index (χ3v) is 8.20. The molecule has 1 aromatic heterocycles. The van der Waals surface area contributed by atoms with Crippen LogP contribution in [0, 0.1) is 11.3 Å². The average Bonchev–Trinajstić information content (AvgIpc) is 3.47. The summed E-state index contributed by atoms with van der Waals surface area (Å²) in [6.45, 7) is 0. The lowest BCUT2D eigenvalue weighted by Gasteiger charge is -2.18. The number of para-hydroxylation sites is 2. The molecule has 0 atom stereocenters. The topological polar surface area (TPSA) is 41.6 Å². The molecule has 0 saturated carbocycles. The maximum absolute atomic E-state index is 9.42. The molecule has 7 aromatic carbocycles. The molecule has 0 amide bonds. The van der Waals surface area contributed by atoms with Gasteiger partial charge in [-0.05, 0) is 86.9 Å². The van der Waals surface area contributed by atoms with E-state index in [1.165, 1.54) is 10.8 Å². The van der Waals surface area contributed by atoms with E-state index in [-0.39, 0.29) is 0 Å². The Morgan fingerprint density at radius 1 is 0.512 bits per heavy atom. The van der Waals surface area contributed by atoms with Gasteiger partial charge in [-0.3, -0.25) is 4.57 Å². The lowest BCUT2D eigenvalue weighted by molar-refractivity contribution is 1.12. The summed E-state index contributed by atoms with van der Waals surface area (Å²) in [5, 5.41) is 14.1. The van der Waals surface area contributed by atoms with Crippen LogP contribution in [0.2, 0.25) is 0 Å². The molecule has 8 aromatic rings. The fourth-order valence-corrected chi connectivity index (χ4v) is 6.12. The average molecular weight is 548 g/mol. The molecule has 1 heterocycles. The Morgan fingerprint density at radius 2 is 1.14 bits per heavy atom. The lowest BCUT2D eigenvalue weighted by atomic mass is 9.90. The van der Waals surface area contributed by atoms with Gasteiger partial charge in [0.2, 0.25) is 0 Å². The van der Waals surface area contributed by atoms with Crippen LogP contribution in [0.5, 0.6) is 0 Å². The fraction of sp³-hybridized carbons (Fsp3) is 0. The molecule has 0 bridgehead atoms. The zero-order chi connectivity index (χ0) is 28.8. The molecule has 0 aliphatic heterocycles. The summed E-state index contributed by atoms with van der Waals surface area (Å²) in [6, 6.07) is 55.1. The molecule has 0 aliphatic carbocycles. The molecule has 0 fully saturated rings. The SMILES string of the molecule is N#Cc1ccc(-c2cc3ccccc3cc2-c2cc(-n3c(-c4ccccc4)nc4ccccc43)c3ccccc3c2)cc1. The van der Waals surface area contributed by atoms with Gasteiger partial charge in [0.05, 0.1) is 28.4 Å². The number of nitriles is 1. The monoisotopic (exact) mass is 547 g/mol. The molecule has 0 saturated heterocycles. The van der Waals surface area contributed by atoms with Crippen molar-refractivity contribution in [3.05, 3.63) is 157 Å². The number of imidazole rings is 1. The smallest absolute Gasteiger partial charge is 0.145 e. The van der Waals surface area contributed by atoms with E-state index < -0.39 is 0 Å². The van der Waals surface area contributed by atoms with Crippen molar-refractivity contribution in [2.45, 2.75) is 0 Å². The van der Waals surface area contributed by atoms with E-state index in [1.54, 1.807) is 0 Å². The van der Waals surface area contributed by atoms with Crippen molar-refractivity contribution >= 4 is 32.6 Å². The highest BCUT2D eigenvalue weighted by Gasteiger charge is 2.18. The predicted molar refractivity (Wildman–Crippen MR) is 177 cm³/mol. The summed E-state index contributed by atoms with van der Waals surface area (Å²) in [7, 11) is 0. The second-order valence-electron chi connectivity index (χ2n) is 10.8. The largest absolute Gasteiger partial charge is 0.292 e. The number of nitrogens with zero attached hydrogens (tertiary/aromatic N) is 3. The fourth-order valence-electron chi connectivity index (χ4n) is 6.12. The zero-order valence-electron chi connectivity index (χ0n) is 23.3. The van der Waals surface area contributed by atoms with Crippen LogP contribution in [0.1, 0.15) is 5.56 Å². The van der Waals surface area contributed by atoms with Crippen LogP contribution in [0.4, 0.5) is 0 Å². The van der Waals surface area contributed by atoms with Crippen molar-refractivity contribution in [2.24, 2.45) is 0 Å². The van der Waals surface area contributed by atoms with E-state index in [1.807, 2.05) is 36.4 Å². The molecule has 0 N–H and O–H groups in total. The minimum Gasteiger partial charge on any atom is -0.292 e. The normalized spacial score (nSPS) is 11.2. The Labute approximate surface area is 249 Å². The van der Waals surface area contributed by atoms with Gasteiger partial charge in [0, 0.05) is 10.9 Å². The lowest BCUT2D eigenvalue weighted by Crippen LogP contribution is -2.00. The van der Waals surface area contributed by atoms with Gasteiger partial charge < -0.3 is 0 Å². The Morgan fingerprint density at radius 3 is 1.88 bits per heavy atom. The number of fused-ring (bicyclic) bond motifs is 3. The van der Waals surface area contributed by atoms with E-state index in [9.17, 15) is 5.26 Å². The Bertz CT molecular complexity index is 2340. The summed E-state index contributed by atoms with van der Waals surface area (Å²) in [4.78, 5) is 5.13. The molecule has 8 rings (SSSR count). The van der Waals surface area contributed by atoms with Gasteiger partial charge in [0.25, 0.3) is 0 Å². The molecular formula is C40H25N3. The third kappa shape index (κ3) is 4.25. The first-order chi connectivity index (χ1) is 21.3. The predicted octanol–water partition coefficient (Wildman–Crippen LogP) is 10.2. The van der Waals surface area contributed by atoms with Crippen LogP contribution < -0.4 is 0 Å². The minimum absolute atomic E-state index is 0.652. The number of hydrogen-bond acceptors (Lipinski definition) is 2. The van der Waals surface area contributed by atoms with Gasteiger partial charge >= 0.3 is 0 Å². The van der Waals surface area contributed by atoms with Crippen LogP contribution in [-0.2, 0) is 0 Å². The molecule has 0 spiro atoms. The highest BCUT2D eigenvalue weighted by molar-refractivity contribution is 6.02. The Hall–Kier alpha value is -5.98.